The summed E-state index contributed by atoms with van der Waals surface area (Å²) in [5.41, 5.74) is 0.767. The predicted molar refractivity (Wildman–Crippen MR) is 81.4 cm³/mol. The lowest BCUT2D eigenvalue weighted by Crippen LogP contribution is -2.48. The van der Waals surface area contributed by atoms with Gasteiger partial charge in [-0.3, -0.25) is 9.59 Å². The topological polar surface area (TPSA) is 52.7 Å². The summed E-state index contributed by atoms with van der Waals surface area (Å²) >= 11 is 5.97. The molecule has 0 bridgehead atoms. The van der Waals surface area contributed by atoms with Gasteiger partial charge in [0, 0.05) is 49.9 Å². The van der Waals surface area contributed by atoms with Crippen LogP contribution in [-0.2, 0) is 9.59 Å². The van der Waals surface area contributed by atoms with Gasteiger partial charge in [-0.25, -0.2) is 0 Å². The van der Waals surface area contributed by atoms with Crippen LogP contribution in [0, 0.1) is 5.92 Å². The summed E-state index contributed by atoms with van der Waals surface area (Å²) in [5, 5.41) is 3.82. The second-order valence-electron chi connectivity index (χ2n) is 5.46. The lowest BCUT2D eigenvalue weighted by Gasteiger charge is -2.29. The van der Waals surface area contributed by atoms with Gasteiger partial charge in [0.05, 0.1) is 5.92 Å². The molecule has 5 nitrogen and oxygen atoms in total. The van der Waals surface area contributed by atoms with Crippen molar-refractivity contribution in [3.63, 3.8) is 0 Å². The molecule has 2 aliphatic heterocycles. The highest BCUT2D eigenvalue weighted by Crippen LogP contribution is 2.28. The lowest BCUT2D eigenvalue weighted by molar-refractivity contribution is -0.136. The standard InChI is InChI=1S/C15H18ClN3O2/c16-12-2-1-3-13(9-12)19-10-11(8-14(19)20)15(21)18-6-4-17-5-7-18/h1-3,9,11,17H,4-8,10H2/t11-/m0/s1. The molecule has 2 heterocycles. The second-order valence-corrected chi connectivity index (χ2v) is 5.90. The van der Waals surface area contributed by atoms with Crippen molar-refractivity contribution in [2.75, 3.05) is 37.6 Å². The van der Waals surface area contributed by atoms with Crippen molar-refractivity contribution < 1.29 is 9.59 Å². The molecular weight excluding hydrogens is 290 g/mol. The second kappa shape index (κ2) is 6.03. The van der Waals surface area contributed by atoms with E-state index in [-0.39, 0.29) is 24.2 Å². The number of hydrogen-bond donors (Lipinski definition) is 1. The van der Waals surface area contributed by atoms with Crippen molar-refractivity contribution in [3.8, 4) is 0 Å². The van der Waals surface area contributed by atoms with Gasteiger partial charge < -0.3 is 15.1 Å². The van der Waals surface area contributed by atoms with Crippen molar-refractivity contribution in [3.05, 3.63) is 29.3 Å². The van der Waals surface area contributed by atoms with E-state index in [1.807, 2.05) is 17.0 Å². The van der Waals surface area contributed by atoms with Crippen molar-refractivity contribution in [2.24, 2.45) is 5.92 Å². The highest BCUT2D eigenvalue weighted by atomic mass is 35.5. The van der Waals surface area contributed by atoms with Crippen LogP contribution in [0.15, 0.2) is 24.3 Å². The highest BCUT2D eigenvalue weighted by Gasteiger charge is 2.37. The lowest BCUT2D eigenvalue weighted by atomic mass is 10.1. The largest absolute Gasteiger partial charge is 0.340 e. The van der Waals surface area contributed by atoms with E-state index in [0.717, 1.165) is 31.9 Å². The maximum Gasteiger partial charge on any atom is 0.228 e. The molecule has 0 unspecified atom stereocenters. The van der Waals surface area contributed by atoms with Gasteiger partial charge in [-0.05, 0) is 18.2 Å². The molecule has 0 saturated carbocycles. The van der Waals surface area contributed by atoms with Crippen LogP contribution < -0.4 is 10.2 Å². The fraction of sp³-hybridized carbons (Fsp3) is 0.467. The first-order valence-electron chi connectivity index (χ1n) is 7.20. The molecule has 2 amide bonds. The number of halogens is 1. The molecule has 2 aliphatic rings. The Balaban J connectivity index is 1.70. The maximum atomic E-state index is 12.5. The minimum atomic E-state index is -0.241. The van der Waals surface area contributed by atoms with Gasteiger partial charge in [0.2, 0.25) is 11.8 Å². The SMILES string of the molecule is O=C([C@H]1CC(=O)N(c2cccc(Cl)c2)C1)N1CCNCC1. The molecule has 2 fully saturated rings. The average molecular weight is 308 g/mol. The number of nitrogens with one attached hydrogen (secondary N) is 1. The number of anilines is 1. The summed E-state index contributed by atoms with van der Waals surface area (Å²) in [6.07, 6.45) is 0.287. The minimum Gasteiger partial charge on any atom is -0.340 e. The molecule has 112 valence electrons. The quantitative estimate of drug-likeness (QED) is 0.891. The molecule has 1 atom stereocenters. The van der Waals surface area contributed by atoms with Gasteiger partial charge in [-0.15, -0.1) is 0 Å². The number of amides is 2. The fourth-order valence-corrected chi connectivity index (χ4v) is 3.09. The number of carbonyl (C=O) groups excluding carboxylic acids is 2. The number of benzene rings is 1. The first-order chi connectivity index (χ1) is 10.1. The number of hydrogen-bond acceptors (Lipinski definition) is 3. The third kappa shape index (κ3) is 3.04. The van der Waals surface area contributed by atoms with Crippen LogP contribution in [-0.4, -0.2) is 49.4 Å². The first-order valence-corrected chi connectivity index (χ1v) is 7.58. The van der Waals surface area contributed by atoms with E-state index in [0.29, 0.717) is 11.6 Å². The van der Waals surface area contributed by atoms with Crippen molar-refractivity contribution in [1.29, 1.82) is 0 Å². The Morgan fingerprint density at radius 2 is 2.05 bits per heavy atom. The summed E-state index contributed by atoms with van der Waals surface area (Å²) < 4.78 is 0. The van der Waals surface area contributed by atoms with Gasteiger partial charge in [-0.1, -0.05) is 17.7 Å². The zero-order chi connectivity index (χ0) is 14.8. The fourth-order valence-electron chi connectivity index (χ4n) is 2.91. The smallest absolute Gasteiger partial charge is 0.228 e. The van der Waals surface area contributed by atoms with E-state index in [2.05, 4.69) is 5.32 Å². The van der Waals surface area contributed by atoms with Gasteiger partial charge in [-0.2, -0.15) is 0 Å². The first kappa shape index (κ1) is 14.4. The Labute approximate surface area is 128 Å². The zero-order valence-corrected chi connectivity index (χ0v) is 12.5. The van der Waals surface area contributed by atoms with Crippen molar-refractivity contribution in [1.82, 2.24) is 10.2 Å². The molecule has 3 rings (SSSR count). The van der Waals surface area contributed by atoms with E-state index in [9.17, 15) is 9.59 Å². The molecule has 0 spiro atoms. The Hall–Kier alpha value is -1.59. The Morgan fingerprint density at radius 1 is 1.29 bits per heavy atom. The van der Waals surface area contributed by atoms with Crippen LogP contribution in [0.5, 0.6) is 0 Å². The molecule has 6 heteroatoms. The summed E-state index contributed by atoms with van der Waals surface area (Å²) in [7, 11) is 0. The minimum absolute atomic E-state index is 0.00856. The normalized spacial score (nSPS) is 22.7. The van der Waals surface area contributed by atoms with Crippen molar-refractivity contribution >= 4 is 29.1 Å². The van der Waals surface area contributed by atoms with Crippen LogP contribution in [0.3, 0.4) is 0 Å². The molecule has 1 N–H and O–H groups in total. The molecule has 0 aromatic heterocycles. The molecule has 1 aromatic rings. The summed E-state index contributed by atoms with van der Waals surface area (Å²) in [6, 6.07) is 7.20. The maximum absolute atomic E-state index is 12.5. The molecule has 0 radical (unpaired) electrons. The van der Waals surface area contributed by atoms with E-state index < -0.39 is 0 Å². The molecule has 21 heavy (non-hydrogen) atoms. The van der Waals surface area contributed by atoms with Crippen molar-refractivity contribution in [2.45, 2.75) is 6.42 Å². The van der Waals surface area contributed by atoms with Crippen LogP contribution >= 0.6 is 11.6 Å². The highest BCUT2D eigenvalue weighted by molar-refractivity contribution is 6.30. The number of piperazine rings is 1. The Morgan fingerprint density at radius 3 is 2.76 bits per heavy atom. The Bertz CT molecular complexity index is 558. The predicted octanol–water partition coefficient (Wildman–Crippen LogP) is 1.12. The molecule has 0 aliphatic carbocycles. The van der Waals surface area contributed by atoms with E-state index >= 15 is 0 Å². The molecule has 2 saturated heterocycles. The van der Waals surface area contributed by atoms with E-state index in [1.54, 1.807) is 17.0 Å². The summed E-state index contributed by atoms with van der Waals surface area (Å²) in [6.45, 7) is 3.54. The molecule has 1 aromatic carbocycles. The third-order valence-electron chi connectivity index (χ3n) is 4.02. The number of rotatable bonds is 2. The summed E-state index contributed by atoms with van der Waals surface area (Å²) in [5.74, 6) is -0.158. The van der Waals surface area contributed by atoms with E-state index in [4.69, 9.17) is 11.6 Å². The molecular formula is C15H18ClN3O2. The van der Waals surface area contributed by atoms with Gasteiger partial charge in [0.15, 0.2) is 0 Å². The van der Waals surface area contributed by atoms with Crippen LogP contribution in [0.25, 0.3) is 0 Å². The van der Waals surface area contributed by atoms with Gasteiger partial charge >= 0.3 is 0 Å². The van der Waals surface area contributed by atoms with Gasteiger partial charge in [0.25, 0.3) is 0 Å². The van der Waals surface area contributed by atoms with Crippen LogP contribution in [0.4, 0.5) is 5.69 Å². The van der Waals surface area contributed by atoms with Crippen LogP contribution in [0.1, 0.15) is 6.42 Å². The van der Waals surface area contributed by atoms with Gasteiger partial charge in [0.1, 0.15) is 0 Å². The zero-order valence-electron chi connectivity index (χ0n) is 11.7. The van der Waals surface area contributed by atoms with Crippen LogP contribution in [0.2, 0.25) is 5.02 Å². The summed E-state index contributed by atoms with van der Waals surface area (Å²) in [4.78, 5) is 28.2. The van der Waals surface area contributed by atoms with E-state index in [1.165, 1.54) is 0 Å². The Kier molecular flexibility index (Phi) is 4.12. The monoisotopic (exact) mass is 307 g/mol. The number of nitrogens with zero attached hydrogens (tertiary/aromatic N) is 2. The number of carbonyl (C=O) groups is 2. The third-order valence-corrected chi connectivity index (χ3v) is 4.26. The average Bonchev–Trinajstić information content (AvgIpc) is 2.89.